The average Bonchev–Trinajstić information content (AvgIpc) is 2.79. The number of nitrogen functional groups attached to an aromatic ring is 1. The van der Waals surface area contributed by atoms with Crippen molar-refractivity contribution in [1.82, 2.24) is 9.55 Å². The quantitative estimate of drug-likeness (QED) is 0.714. The number of aromatic nitrogens is 2. The van der Waals surface area contributed by atoms with E-state index < -0.39 is 0 Å². The highest BCUT2D eigenvalue weighted by Crippen LogP contribution is 2.26. The summed E-state index contributed by atoms with van der Waals surface area (Å²) in [6.07, 6.45) is 0.875. The van der Waals surface area contributed by atoms with Crippen LogP contribution in [0.4, 0.5) is 5.69 Å². The molecule has 0 radical (unpaired) electrons. The molecule has 2 aromatic carbocycles. The fraction of sp³-hybridized carbons (Fsp3) is 0.188. The summed E-state index contributed by atoms with van der Waals surface area (Å²) in [5.41, 5.74) is 11.0. The van der Waals surface area contributed by atoms with Gasteiger partial charge in [0.15, 0.2) is 0 Å². The van der Waals surface area contributed by atoms with Gasteiger partial charge in [-0.2, -0.15) is 0 Å². The molecule has 1 heterocycles. The van der Waals surface area contributed by atoms with Gasteiger partial charge in [-0.15, -0.1) is 0 Å². The van der Waals surface area contributed by atoms with Crippen LogP contribution in [0.5, 0.6) is 0 Å². The molecule has 3 aromatic rings. The van der Waals surface area contributed by atoms with Gasteiger partial charge in [0.25, 0.3) is 0 Å². The van der Waals surface area contributed by atoms with Gasteiger partial charge in [-0.3, -0.25) is 4.57 Å². The summed E-state index contributed by atoms with van der Waals surface area (Å²) in [7, 11) is 0. The monoisotopic (exact) mass is 329 g/mol. The van der Waals surface area contributed by atoms with Gasteiger partial charge in [0.1, 0.15) is 5.82 Å². The number of rotatable bonds is 2. The van der Waals surface area contributed by atoms with Crippen molar-refractivity contribution in [2.75, 3.05) is 5.73 Å². The van der Waals surface area contributed by atoms with E-state index in [2.05, 4.69) is 57.5 Å². The van der Waals surface area contributed by atoms with Crippen molar-refractivity contribution in [3.63, 3.8) is 0 Å². The van der Waals surface area contributed by atoms with E-state index in [1.165, 1.54) is 5.56 Å². The lowest BCUT2D eigenvalue weighted by molar-refractivity contribution is 0.907. The summed E-state index contributed by atoms with van der Waals surface area (Å²) < 4.78 is 3.30. The Balaban J connectivity index is 2.30. The first-order valence-electron chi connectivity index (χ1n) is 6.63. The first kappa shape index (κ1) is 13.2. The molecule has 0 fully saturated rings. The van der Waals surface area contributed by atoms with Crippen molar-refractivity contribution in [3.05, 3.63) is 52.3 Å². The van der Waals surface area contributed by atoms with E-state index in [1.807, 2.05) is 18.2 Å². The Morgan fingerprint density at radius 2 is 2.00 bits per heavy atom. The molecule has 0 amide bonds. The van der Waals surface area contributed by atoms with Gasteiger partial charge < -0.3 is 5.73 Å². The number of aryl methyl sites for hydroxylation is 2. The van der Waals surface area contributed by atoms with Gasteiger partial charge in [0.05, 0.1) is 11.0 Å². The normalized spacial score (nSPS) is 11.2. The van der Waals surface area contributed by atoms with Crippen LogP contribution >= 0.6 is 15.9 Å². The Morgan fingerprint density at radius 1 is 1.20 bits per heavy atom. The van der Waals surface area contributed by atoms with Crippen LogP contribution in [-0.2, 0) is 6.42 Å². The minimum Gasteiger partial charge on any atom is -0.399 e. The summed E-state index contributed by atoms with van der Waals surface area (Å²) in [4.78, 5) is 4.69. The second-order valence-electron chi connectivity index (χ2n) is 4.90. The first-order valence-corrected chi connectivity index (χ1v) is 7.43. The van der Waals surface area contributed by atoms with Gasteiger partial charge in [-0.25, -0.2) is 4.98 Å². The number of anilines is 1. The van der Waals surface area contributed by atoms with Crippen molar-refractivity contribution in [2.45, 2.75) is 20.3 Å². The summed E-state index contributed by atoms with van der Waals surface area (Å²) in [6.45, 7) is 4.20. The highest BCUT2D eigenvalue weighted by Gasteiger charge is 2.12. The fourth-order valence-corrected chi connectivity index (χ4v) is 2.76. The largest absolute Gasteiger partial charge is 0.399 e. The third-order valence-electron chi connectivity index (χ3n) is 3.48. The SMILES string of the molecule is CCc1nc2cc(N)ccc2n1-c1ccc(C)c(Br)c1. The van der Waals surface area contributed by atoms with Crippen LogP contribution in [0.25, 0.3) is 16.7 Å². The molecule has 0 saturated heterocycles. The van der Waals surface area contributed by atoms with Crippen molar-refractivity contribution in [3.8, 4) is 5.69 Å². The third kappa shape index (κ3) is 2.10. The summed E-state index contributed by atoms with van der Waals surface area (Å²) >= 11 is 3.60. The van der Waals surface area contributed by atoms with Gasteiger partial charge in [-0.05, 0) is 42.8 Å². The Labute approximate surface area is 126 Å². The molecule has 3 nitrogen and oxygen atoms in total. The summed E-state index contributed by atoms with van der Waals surface area (Å²) in [5, 5.41) is 0. The lowest BCUT2D eigenvalue weighted by Crippen LogP contribution is -2.00. The molecule has 102 valence electrons. The number of nitrogens with zero attached hydrogens (tertiary/aromatic N) is 2. The average molecular weight is 330 g/mol. The van der Waals surface area contributed by atoms with E-state index in [9.17, 15) is 0 Å². The molecule has 3 rings (SSSR count). The van der Waals surface area contributed by atoms with E-state index in [0.717, 1.165) is 39.1 Å². The zero-order valence-corrected chi connectivity index (χ0v) is 13.1. The maximum absolute atomic E-state index is 5.85. The molecule has 0 bridgehead atoms. The van der Waals surface area contributed by atoms with E-state index in [-0.39, 0.29) is 0 Å². The zero-order chi connectivity index (χ0) is 14.3. The van der Waals surface area contributed by atoms with Gasteiger partial charge in [-0.1, -0.05) is 28.9 Å². The number of halogens is 1. The number of hydrogen-bond acceptors (Lipinski definition) is 2. The number of benzene rings is 2. The standard InChI is InChI=1S/C16H16BrN3/c1-3-16-19-14-8-11(18)5-7-15(14)20(16)12-6-4-10(2)13(17)9-12/h4-9H,3,18H2,1-2H3. The van der Waals surface area contributed by atoms with Gasteiger partial charge in [0.2, 0.25) is 0 Å². The lowest BCUT2D eigenvalue weighted by Gasteiger charge is -2.10. The maximum atomic E-state index is 5.85. The van der Waals surface area contributed by atoms with Crippen LogP contribution in [0.3, 0.4) is 0 Å². The maximum Gasteiger partial charge on any atom is 0.114 e. The Hall–Kier alpha value is -1.81. The predicted octanol–water partition coefficient (Wildman–Crippen LogP) is 4.24. The highest BCUT2D eigenvalue weighted by molar-refractivity contribution is 9.10. The second-order valence-corrected chi connectivity index (χ2v) is 5.75. The Morgan fingerprint density at radius 3 is 2.70 bits per heavy atom. The number of hydrogen-bond donors (Lipinski definition) is 1. The fourth-order valence-electron chi connectivity index (χ4n) is 2.39. The predicted molar refractivity (Wildman–Crippen MR) is 87.3 cm³/mol. The van der Waals surface area contributed by atoms with Crippen LogP contribution in [0, 0.1) is 6.92 Å². The van der Waals surface area contributed by atoms with Crippen molar-refractivity contribution in [2.24, 2.45) is 0 Å². The molecule has 4 heteroatoms. The molecule has 20 heavy (non-hydrogen) atoms. The molecule has 0 aliphatic rings. The Bertz CT molecular complexity index is 790. The number of nitrogens with two attached hydrogens (primary N) is 1. The third-order valence-corrected chi connectivity index (χ3v) is 4.33. The zero-order valence-electron chi connectivity index (χ0n) is 11.5. The van der Waals surface area contributed by atoms with Crippen LogP contribution in [0.2, 0.25) is 0 Å². The molecule has 1 aromatic heterocycles. The lowest BCUT2D eigenvalue weighted by atomic mass is 10.2. The van der Waals surface area contributed by atoms with E-state index in [1.54, 1.807) is 0 Å². The van der Waals surface area contributed by atoms with Crippen molar-refractivity contribution < 1.29 is 0 Å². The number of fused-ring (bicyclic) bond motifs is 1. The molecule has 0 atom stereocenters. The summed E-state index contributed by atoms with van der Waals surface area (Å²) in [5.74, 6) is 1.04. The van der Waals surface area contributed by atoms with Crippen LogP contribution in [0.15, 0.2) is 40.9 Å². The molecular formula is C16H16BrN3. The molecule has 2 N–H and O–H groups in total. The van der Waals surface area contributed by atoms with E-state index in [4.69, 9.17) is 5.73 Å². The van der Waals surface area contributed by atoms with Gasteiger partial charge >= 0.3 is 0 Å². The molecule has 0 aliphatic heterocycles. The van der Waals surface area contributed by atoms with Crippen molar-refractivity contribution in [1.29, 1.82) is 0 Å². The molecule has 0 unspecified atom stereocenters. The van der Waals surface area contributed by atoms with E-state index in [0.29, 0.717) is 0 Å². The van der Waals surface area contributed by atoms with E-state index >= 15 is 0 Å². The second kappa shape index (κ2) is 4.94. The molecule has 0 aliphatic carbocycles. The molecular weight excluding hydrogens is 314 g/mol. The Kier molecular flexibility index (Phi) is 3.26. The van der Waals surface area contributed by atoms with Crippen LogP contribution in [0.1, 0.15) is 18.3 Å². The first-order chi connectivity index (χ1) is 9.60. The summed E-state index contributed by atoms with van der Waals surface area (Å²) in [6, 6.07) is 12.2. The smallest absolute Gasteiger partial charge is 0.114 e. The molecule has 0 spiro atoms. The topological polar surface area (TPSA) is 43.8 Å². The van der Waals surface area contributed by atoms with Crippen LogP contribution < -0.4 is 5.73 Å². The number of imidazole rings is 1. The van der Waals surface area contributed by atoms with Crippen molar-refractivity contribution >= 4 is 32.7 Å². The highest BCUT2D eigenvalue weighted by atomic mass is 79.9. The minimum absolute atomic E-state index is 0.745. The minimum atomic E-state index is 0.745. The van der Waals surface area contributed by atoms with Crippen LogP contribution in [-0.4, -0.2) is 9.55 Å². The van der Waals surface area contributed by atoms with Gasteiger partial charge in [0, 0.05) is 22.3 Å². The molecule has 0 saturated carbocycles.